The lowest BCUT2D eigenvalue weighted by molar-refractivity contribution is -0.133. The van der Waals surface area contributed by atoms with E-state index in [4.69, 9.17) is 0 Å². The fourth-order valence-corrected chi connectivity index (χ4v) is 5.98. The van der Waals surface area contributed by atoms with Crippen LogP contribution >= 0.6 is 0 Å². The summed E-state index contributed by atoms with van der Waals surface area (Å²) in [5.74, 6) is 1.60. The zero-order chi connectivity index (χ0) is 21.0. The number of hydrazine groups is 1. The summed E-state index contributed by atoms with van der Waals surface area (Å²) in [6.07, 6.45) is 8.17. The van der Waals surface area contributed by atoms with E-state index in [1.807, 2.05) is 0 Å². The first kappa shape index (κ1) is 20.7. The van der Waals surface area contributed by atoms with Gasteiger partial charge in [0.2, 0.25) is 5.91 Å². The third-order valence-corrected chi connectivity index (χ3v) is 7.80. The second-order valence-electron chi connectivity index (χ2n) is 9.78. The first-order valence-electron chi connectivity index (χ1n) is 12.2. The van der Waals surface area contributed by atoms with Gasteiger partial charge in [-0.1, -0.05) is 67.4 Å². The molecule has 1 saturated carbocycles. The lowest BCUT2D eigenvalue weighted by Crippen LogP contribution is -2.60. The maximum absolute atomic E-state index is 12.2. The SMILES string of the molecule is O=C1NNC(Cc2ccc(CN3CCC(c4ccccc4)CC3)cc2)C2CCCCC12. The maximum atomic E-state index is 12.2. The highest BCUT2D eigenvalue weighted by Crippen LogP contribution is 2.35. The number of likely N-dealkylation sites (tertiary alicyclic amines) is 1. The van der Waals surface area contributed by atoms with Crippen molar-refractivity contribution in [3.63, 3.8) is 0 Å². The van der Waals surface area contributed by atoms with E-state index in [1.165, 1.54) is 61.9 Å². The fourth-order valence-electron chi connectivity index (χ4n) is 5.98. The molecule has 2 heterocycles. The molecule has 0 radical (unpaired) electrons. The first-order valence-corrected chi connectivity index (χ1v) is 12.2. The van der Waals surface area contributed by atoms with Gasteiger partial charge >= 0.3 is 0 Å². The predicted octanol–water partition coefficient (Wildman–Crippen LogP) is 4.42. The predicted molar refractivity (Wildman–Crippen MR) is 124 cm³/mol. The monoisotopic (exact) mass is 417 g/mol. The Hall–Kier alpha value is -2.17. The van der Waals surface area contributed by atoms with E-state index in [-0.39, 0.29) is 11.8 Å². The molecule has 2 aromatic rings. The van der Waals surface area contributed by atoms with Gasteiger partial charge in [0.05, 0.1) is 0 Å². The van der Waals surface area contributed by atoms with Gasteiger partial charge in [0.25, 0.3) is 0 Å². The molecular weight excluding hydrogens is 382 g/mol. The van der Waals surface area contributed by atoms with Crippen molar-refractivity contribution in [2.75, 3.05) is 13.1 Å². The number of amides is 1. The van der Waals surface area contributed by atoms with E-state index in [2.05, 4.69) is 70.3 Å². The van der Waals surface area contributed by atoms with Crippen LogP contribution < -0.4 is 10.9 Å². The Morgan fingerprint density at radius 1 is 0.839 bits per heavy atom. The van der Waals surface area contributed by atoms with Crippen molar-refractivity contribution < 1.29 is 4.79 Å². The van der Waals surface area contributed by atoms with Crippen molar-refractivity contribution in [3.05, 3.63) is 71.3 Å². The van der Waals surface area contributed by atoms with Crippen LogP contribution in [0.2, 0.25) is 0 Å². The molecule has 2 saturated heterocycles. The molecule has 4 heteroatoms. The summed E-state index contributed by atoms with van der Waals surface area (Å²) in [6.45, 7) is 3.40. The Balaban J connectivity index is 1.13. The third kappa shape index (κ3) is 4.86. The van der Waals surface area contributed by atoms with Crippen molar-refractivity contribution in [2.45, 2.75) is 63.5 Å². The van der Waals surface area contributed by atoms with Gasteiger partial charge < -0.3 is 0 Å². The van der Waals surface area contributed by atoms with E-state index < -0.39 is 0 Å². The quantitative estimate of drug-likeness (QED) is 0.757. The molecule has 2 N–H and O–H groups in total. The average Bonchev–Trinajstić information content (AvgIpc) is 2.83. The van der Waals surface area contributed by atoms with Crippen LogP contribution in [0.5, 0.6) is 0 Å². The van der Waals surface area contributed by atoms with Crippen molar-refractivity contribution in [2.24, 2.45) is 11.8 Å². The number of hydrogen-bond acceptors (Lipinski definition) is 3. The number of carbonyl (C=O) groups is 1. The van der Waals surface area contributed by atoms with Gasteiger partial charge in [-0.2, -0.15) is 0 Å². The van der Waals surface area contributed by atoms with Gasteiger partial charge in [0, 0.05) is 18.5 Å². The van der Waals surface area contributed by atoms with Gasteiger partial charge in [-0.25, -0.2) is 5.43 Å². The molecule has 4 nitrogen and oxygen atoms in total. The Kier molecular flexibility index (Phi) is 6.37. The highest BCUT2D eigenvalue weighted by atomic mass is 16.2. The van der Waals surface area contributed by atoms with Gasteiger partial charge in [-0.3, -0.25) is 15.1 Å². The van der Waals surface area contributed by atoms with E-state index in [1.54, 1.807) is 0 Å². The molecule has 31 heavy (non-hydrogen) atoms. The molecule has 1 amide bonds. The van der Waals surface area contributed by atoms with Crippen LogP contribution in [-0.2, 0) is 17.8 Å². The van der Waals surface area contributed by atoms with Gasteiger partial charge in [-0.15, -0.1) is 0 Å². The van der Waals surface area contributed by atoms with Crippen LogP contribution in [0.15, 0.2) is 54.6 Å². The first-order chi connectivity index (χ1) is 15.3. The lowest BCUT2D eigenvalue weighted by Gasteiger charge is -2.41. The van der Waals surface area contributed by atoms with Crippen molar-refractivity contribution >= 4 is 5.91 Å². The molecular formula is C27H35N3O. The molecule has 2 aromatic carbocycles. The second kappa shape index (κ2) is 9.54. The summed E-state index contributed by atoms with van der Waals surface area (Å²) in [5.41, 5.74) is 10.5. The van der Waals surface area contributed by atoms with Crippen molar-refractivity contribution in [1.29, 1.82) is 0 Å². The van der Waals surface area contributed by atoms with Crippen LogP contribution in [-0.4, -0.2) is 29.9 Å². The molecule has 2 aliphatic heterocycles. The minimum absolute atomic E-state index is 0.201. The molecule has 0 spiro atoms. The smallest absolute Gasteiger partial charge is 0.237 e. The van der Waals surface area contributed by atoms with Crippen LogP contribution in [0.4, 0.5) is 0 Å². The van der Waals surface area contributed by atoms with Gasteiger partial charge in [0.1, 0.15) is 0 Å². The zero-order valence-electron chi connectivity index (χ0n) is 18.4. The van der Waals surface area contributed by atoms with Crippen molar-refractivity contribution in [3.8, 4) is 0 Å². The van der Waals surface area contributed by atoms with Crippen LogP contribution in [0, 0.1) is 11.8 Å². The number of rotatable bonds is 5. The minimum Gasteiger partial charge on any atom is -0.299 e. The van der Waals surface area contributed by atoms with E-state index in [9.17, 15) is 4.79 Å². The molecule has 3 unspecified atom stereocenters. The van der Waals surface area contributed by atoms with E-state index in [0.717, 1.165) is 19.4 Å². The molecule has 164 valence electrons. The Bertz CT molecular complexity index is 858. The molecule has 0 aromatic heterocycles. The lowest BCUT2D eigenvalue weighted by atomic mass is 9.72. The van der Waals surface area contributed by atoms with Crippen LogP contribution in [0.25, 0.3) is 0 Å². The number of benzene rings is 2. The number of carbonyl (C=O) groups excluding carboxylic acids is 1. The van der Waals surface area contributed by atoms with Gasteiger partial charge in [-0.05, 0) is 73.7 Å². The molecule has 3 aliphatic rings. The highest BCUT2D eigenvalue weighted by molar-refractivity contribution is 5.79. The molecule has 3 fully saturated rings. The summed E-state index contributed by atoms with van der Waals surface area (Å²) < 4.78 is 0. The normalized spacial score (nSPS) is 27.5. The molecule has 3 atom stereocenters. The highest BCUT2D eigenvalue weighted by Gasteiger charge is 2.39. The summed E-state index contributed by atoms with van der Waals surface area (Å²) >= 11 is 0. The third-order valence-electron chi connectivity index (χ3n) is 7.80. The van der Waals surface area contributed by atoms with E-state index in [0.29, 0.717) is 17.9 Å². The summed E-state index contributed by atoms with van der Waals surface area (Å²) in [7, 11) is 0. The number of fused-ring (bicyclic) bond motifs is 1. The molecule has 1 aliphatic carbocycles. The van der Waals surface area contributed by atoms with Crippen molar-refractivity contribution in [1.82, 2.24) is 15.8 Å². The second-order valence-corrected chi connectivity index (χ2v) is 9.78. The summed E-state index contributed by atoms with van der Waals surface area (Å²) in [5, 5.41) is 0. The van der Waals surface area contributed by atoms with E-state index >= 15 is 0 Å². The molecule has 0 bridgehead atoms. The Morgan fingerprint density at radius 2 is 1.55 bits per heavy atom. The summed E-state index contributed by atoms with van der Waals surface area (Å²) in [4.78, 5) is 14.8. The van der Waals surface area contributed by atoms with Gasteiger partial charge in [0.15, 0.2) is 0 Å². The average molecular weight is 418 g/mol. The standard InChI is InChI=1S/C27H35N3O/c31-27-25-9-5-4-8-24(25)26(28-29-27)18-20-10-12-21(13-11-20)19-30-16-14-23(15-17-30)22-6-2-1-3-7-22/h1-3,6-7,10-13,23-26,28H,4-5,8-9,14-19H2,(H,29,31). The van der Waals surface area contributed by atoms with Crippen LogP contribution in [0.3, 0.4) is 0 Å². The van der Waals surface area contributed by atoms with Crippen LogP contribution in [0.1, 0.15) is 61.1 Å². The zero-order valence-corrected chi connectivity index (χ0v) is 18.4. The maximum Gasteiger partial charge on any atom is 0.237 e. The molecule has 5 rings (SSSR count). The number of nitrogens with one attached hydrogen (secondary N) is 2. The number of hydrogen-bond donors (Lipinski definition) is 2. The largest absolute Gasteiger partial charge is 0.299 e. The minimum atomic E-state index is 0.201. The number of piperidine rings is 1. The Morgan fingerprint density at radius 3 is 2.32 bits per heavy atom. The summed E-state index contributed by atoms with van der Waals surface area (Å²) in [6, 6.07) is 20.5. The fraction of sp³-hybridized carbons (Fsp3) is 0.519. The Labute approximate surface area is 186 Å². The topological polar surface area (TPSA) is 44.4 Å². The number of nitrogens with zero attached hydrogens (tertiary/aromatic N) is 1.